The van der Waals surface area contributed by atoms with Gasteiger partial charge in [-0.1, -0.05) is 0 Å². The molecular weight excluding hydrogens is 250 g/mol. The summed E-state index contributed by atoms with van der Waals surface area (Å²) in [6.07, 6.45) is -0.618. The Labute approximate surface area is 116 Å². The second kappa shape index (κ2) is 5.29. The molecule has 7 heteroatoms. The Morgan fingerprint density at radius 3 is 2.63 bits per heavy atom. The Balaban J connectivity index is 2.95. The van der Waals surface area contributed by atoms with E-state index in [1.54, 1.807) is 20.8 Å². The summed E-state index contributed by atoms with van der Waals surface area (Å²) in [7, 11) is 1.45. The Morgan fingerprint density at radius 2 is 2.21 bits per heavy atom. The van der Waals surface area contributed by atoms with Crippen LogP contribution in [0.2, 0.25) is 0 Å². The van der Waals surface area contributed by atoms with E-state index >= 15 is 0 Å². The van der Waals surface area contributed by atoms with Gasteiger partial charge in [0.1, 0.15) is 11.3 Å². The van der Waals surface area contributed by atoms with Gasteiger partial charge in [0.25, 0.3) is 0 Å². The van der Waals surface area contributed by atoms with Crippen molar-refractivity contribution in [2.75, 3.05) is 7.05 Å². The summed E-state index contributed by atoms with van der Waals surface area (Å²) in [5.74, 6) is -1.41. The first-order valence-electron chi connectivity index (χ1n) is 7.08. The van der Waals surface area contributed by atoms with E-state index < -0.39 is 30.3 Å². The number of carboxylic acids is 1. The molecule has 0 aliphatic rings. The van der Waals surface area contributed by atoms with Gasteiger partial charge in [0.05, 0.1) is 12.2 Å². The van der Waals surface area contributed by atoms with Crippen molar-refractivity contribution in [2.24, 2.45) is 6.98 Å². The lowest BCUT2D eigenvalue weighted by Crippen LogP contribution is -2.33. The summed E-state index contributed by atoms with van der Waals surface area (Å²) in [5.41, 5.74) is -0.996. The topological polar surface area (TPSA) is 84.7 Å². The molecule has 0 aromatic carbocycles. The van der Waals surface area contributed by atoms with Gasteiger partial charge in [0.15, 0.2) is 0 Å². The molecular formula is C12H19N3O4. The third-order valence-electron chi connectivity index (χ3n) is 2.08. The number of aryl methyl sites for hydroxylation is 1. The predicted octanol–water partition coefficient (Wildman–Crippen LogP) is 1.49. The molecule has 1 aromatic heterocycles. The zero-order valence-corrected chi connectivity index (χ0v) is 11.3. The third kappa shape index (κ3) is 4.27. The SMILES string of the molecule is [2H]C([2H])([2H])n1nc(CN(C)C(=O)OC(C)(C)C)cc1C(=O)O. The van der Waals surface area contributed by atoms with Crippen LogP contribution in [0.25, 0.3) is 0 Å². The summed E-state index contributed by atoms with van der Waals surface area (Å²) >= 11 is 0. The molecule has 1 heterocycles. The minimum atomic E-state index is -2.71. The molecule has 0 radical (unpaired) electrons. The Kier molecular flexibility index (Phi) is 3.02. The predicted molar refractivity (Wildman–Crippen MR) is 67.9 cm³/mol. The monoisotopic (exact) mass is 272 g/mol. The normalized spacial score (nSPS) is 14.2. The van der Waals surface area contributed by atoms with E-state index in [2.05, 4.69) is 5.10 Å². The Hall–Kier alpha value is -2.05. The fourth-order valence-electron chi connectivity index (χ4n) is 1.31. The number of aromatic carboxylic acids is 1. The summed E-state index contributed by atoms with van der Waals surface area (Å²) in [6, 6.07) is 1.12. The molecule has 0 spiro atoms. The highest BCUT2D eigenvalue weighted by molar-refractivity contribution is 5.85. The molecule has 0 saturated heterocycles. The molecule has 0 saturated carbocycles. The molecule has 106 valence electrons. The molecule has 0 aliphatic carbocycles. The zero-order valence-electron chi connectivity index (χ0n) is 14.3. The average molecular weight is 272 g/mol. The lowest BCUT2D eigenvalue weighted by atomic mass is 10.2. The third-order valence-corrected chi connectivity index (χ3v) is 2.08. The van der Waals surface area contributed by atoms with Crippen LogP contribution >= 0.6 is 0 Å². The largest absolute Gasteiger partial charge is 0.477 e. The Morgan fingerprint density at radius 1 is 1.58 bits per heavy atom. The molecule has 1 amide bonds. The highest BCUT2D eigenvalue weighted by Crippen LogP contribution is 2.11. The number of hydrogen-bond donors (Lipinski definition) is 1. The van der Waals surface area contributed by atoms with Crippen LogP contribution < -0.4 is 0 Å². The maximum Gasteiger partial charge on any atom is 0.410 e. The number of carbonyl (C=O) groups excluding carboxylic acids is 1. The molecule has 7 nitrogen and oxygen atoms in total. The number of rotatable bonds is 3. The number of nitrogens with zero attached hydrogens (tertiary/aromatic N) is 3. The molecule has 0 aliphatic heterocycles. The average Bonchev–Trinajstić information content (AvgIpc) is 2.70. The number of carboxylic acid groups (broad SMARTS) is 1. The molecule has 0 unspecified atom stereocenters. The standard InChI is InChI=1S/C12H19N3O4/c1-12(2,3)19-11(18)14(4)7-8-6-9(10(16)17)15(5)13-8/h6H,7H2,1-5H3,(H,16,17)/i5D3. The minimum Gasteiger partial charge on any atom is -0.477 e. The van der Waals surface area contributed by atoms with Gasteiger partial charge in [-0.05, 0) is 26.8 Å². The maximum atomic E-state index is 11.8. The van der Waals surface area contributed by atoms with Crippen molar-refractivity contribution in [3.8, 4) is 0 Å². The van der Waals surface area contributed by atoms with Crippen LogP contribution in [0.4, 0.5) is 4.79 Å². The van der Waals surface area contributed by atoms with Crippen molar-refractivity contribution in [3.05, 3.63) is 17.5 Å². The van der Waals surface area contributed by atoms with Crippen molar-refractivity contribution >= 4 is 12.1 Å². The quantitative estimate of drug-likeness (QED) is 0.901. The Bertz CT molecular complexity index is 575. The van der Waals surface area contributed by atoms with Crippen molar-refractivity contribution in [1.29, 1.82) is 0 Å². The molecule has 1 N–H and O–H groups in total. The molecule has 0 fully saturated rings. The second-order valence-electron chi connectivity index (χ2n) is 5.07. The smallest absolute Gasteiger partial charge is 0.410 e. The number of ether oxygens (including phenoxy) is 1. The van der Waals surface area contributed by atoms with Crippen LogP contribution in [0, 0.1) is 0 Å². The fourth-order valence-corrected chi connectivity index (χ4v) is 1.31. The minimum absolute atomic E-state index is 0.0712. The molecule has 0 atom stereocenters. The van der Waals surface area contributed by atoms with E-state index in [0.29, 0.717) is 4.68 Å². The maximum absolute atomic E-state index is 11.8. The van der Waals surface area contributed by atoms with Gasteiger partial charge in [-0.25, -0.2) is 9.59 Å². The van der Waals surface area contributed by atoms with Gasteiger partial charge in [-0.15, -0.1) is 0 Å². The van der Waals surface area contributed by atoms with Crippen LogP contribution in [0.3, 0.4) is 0 Å². The molecule has 1 aromatic rings. The van der Waals surface area contributed by atoms with Gasteiger partial charge in [0, 0.05) is 18.1 Å². The van der Waals surface area contributed by atoms with Gasteiger partial charge in [0.2, 0.25) is 0 Å². The van der Waals surface area contributed by atoms with Gasteiger partial charge < -0.3 is 14.7 Å². The zero-order chi connectivity index (χ0) is 17.3. The summed E-state index contributed by atoms with van der Waals surface area (Å²) in [4.78, 5) is 24.1. The van der Waals surface area contributed by atoms with Gasteiger partial charge >= 0.3 is 12.1 Å². The summed E-state index contributed by atoms with van der Waals surface area (Å²) in [6.45, 7) is 2.36. The number of amides is 1. The lowest BCUT2D eigenvalue weighted by Gasteiger charge is -2.24. The highest BCUT2D eigenvalue weighted by Gasteiger charge is 2.21. The van der Waals surface area contributed by atoms with Crippen LogP contribution in [0.15, 0.2) is 6.07 Å². The van der Waals surface area contributed by atoms with Gasteiger partial charge in [-0.2, -0.15) is 5.10 Å². The summed E-state index contributed by atoms with van der Waals surface area (Å²) < 4.78 is 27.4. The van der Waals surface area contributed by atoms with Crippen molar-refractivity contribution < 1.29 is 23.5 Å². The molecule has 0 bridgehead atoms. The highest BCUT2D eigenvalue weighted by atomic mass is 16.6. The van der Waals surface area contributed by atoms with Crippen LogP contribution in [-0.4, -0.2) is 44.5 Å². The van der Waals surface area contributed by atoms with Crippen molar-refractivity contribution in [2.45, 2.75) is 32.9 Å². The first kappa shape index (κ1) is 10.8. The van der Waals surface area contributed by atoms with E-state index in [4.69, 9.17) is 14.0 Å². The lowest BCUT2D eigenvalue weighted by molar-refractivity contribution is 0.0282. The van der Waals surface area contributed by atoms with E-state index in [1.165, 1.54) is 11.9 Å². The van der Waals surface area contributed by atoms with E-state index in [-0.39, 0.29) is 12.2 Å². The van der Waals surface area contributed by atoms with E-state index in [9.17, 15) is 9.59 Å². The second-order valence-corrected chi connectivity index (χ2v) is 5.07. The first-order valence-corrected chi connectivity index (χ1v) is 5.58. The van der Waals surface area contributed by atoms with Gasteiger partial charge in [-0.3, -0.25) is 4.68 Å². The fraction of sp³-hybridized carbons (Fsp3) is 0.583. The van der Waals surface area contributed by atoms with Crippen molar-refractivity contribution in [1.82, 2.24) is 14.7 Å². The molecule has 1 rings (SSSR count). The number of aromatic nitrogens is 2. The van der Waals surface area contributed by atoms with Crippen LogP contribution in [0.1, 0.15) is 41.1 Å². The molecule has 19 heavy (non-hydrogen) atoms. The van der Waals surface area contributed by atoms with E-state index in [1.807, 2.05) is 0 Å². The van der Waals surface area contributed by atoms with Crippen molar-refractivity contribution in [3.63, 3.8) is 0 Å². The van der Waals surface area contributed by atoms with E-state index in [0.717, 1.165) is 6.07 Å². The first-order chi connectivity index (χ1) is 9.81. The number of carbonyl (C=O) groups is 2. The number of hydrogen-bond acceptors (Lipinski definition) is 4. The summed E-state index contributed by atoms with van der Waals surface area (Å²) in [5, 5.41) is 12.8. The van der Waals surface area contributed by atoms with Crippen LogP contribution in [-0.2, 0) is 18.3 Å². The van der Waals surface area contributed by atoms with Crippen LogP contribution in [0.5, 0.6) is 0 Å².